The molecule has 1 heterocycles. The van der Waals surface area contributed by atoms with Gasteiger partial charge in [-0.15, -0.1) is 0 Å². The summed E-state index contributed by atoms with van der Waals surface area (Å²) in [5.74, 6) is 0.563. The van der Waals surface area contributed by atoms with E-state index in [1.54, 1.807) is 0 Å². The van der Waals surface area contributed by atoms with Crippen LogP contribution in [-0.4, -0.2) is 6.54 Å². The molecule has 0 aliphatic carbocycles. The molecule has 0 aromatic heterocycles. The standard InChI is InChI=1S/C14H20ClN/c1-11(2)14(9-5-6-10-16-14)12-7-3-4-8-13(12)15/h3-4,7-8,11,16H,5-6,9-10H2,1-2H3. The lowest BCUT2D eigenvalue weighted by Gasteiger charge is -2.43. The van der Waals surface area contributed by atoms with Gasteiger partial charge in [0.15, 0.2) is 0 Å². The molecule has 0 saturated carbocycles. The summed E-state index contributed by atoms with van der Waals surface area (Å²) in [5, 5.41) is 4.60. The maximum Gasteiger partial charge on any atom is 0.0472 e. The molecule has 0 amide bonds. The molecule has 1 aliphatic heterocycles. The van der Waals surface area contributed by atoms with E-state index in [0.717, 1.165) is 11.6 Å². The lowest BCUT2D eigenvalue weighted by molar-refractivity contribution is 0.184. The molecule has 1 atom stereocenters. The minimum absolute atomic E-state index is 0.0800. The number of nitrogens with one attached hydrogen (secondary N) is 1. The first-order valence-electron chi connectivity index (χ1n) is 6.17. The van der Waals surface area contributed by atoms with Gasteiger partial charge in [0.05, 0.1) is 0 Å². The van der Waals surface area contributed by atoms with E-state index in [0.29, 0.717) is 5.92 Å². The molecular formula is C14H20ClN. The van der Waals surface area contributed by atoms with Crippen molar-refractivity contribution in [3.05, 3.63) is 34.9 Å². The van der Waals surface area contributed by atoms with E-state index >= 15 is 0 Å². The normalized spacial score (nSPS) is 26.0. The molecule has 1 N–H and O–H groups in total. The first kappa shape index (κ1) is 11.9. The second-order valence-corrected chi connectivity index (χ2v) is 5.40. The van der Waals surface area contributed by atoms with Crippen LogP contribution in [0.4, 0.5) is 0 Å². The van der Waals surface area contributed by atoms with Gasteiger partial charge >= 0.3 is 0 Å². The van der Waals surface area contributed by atoms with Crippen LogP contribution in [0.15, 0.2) is 24.3 Å². The Morgan fingerprint density at radius 3 is 2.56 bits per heavy atom. The molecule has 88 valence electrons. The van der Waals surface area contributed by atoms with Crippen LogP contribution >= 0.6 is 11.6 Å². The summed E-state index contributed by atoms with van der Waals surface area (Å²) < 4.78 is 0. The maximum absolute atomic E-state index is 6.35. The van der Waals surface area contributed by atoms with Gasteiger partial charge in [-0.25, -0.2) is 0 Å². The summed E-state index contributed by atoms with van der Waals surface area (Å²) in [4.78, 5) is 0. The van der Waals surface area contributed by atoms with Gasteiger partial charge < -0.3 is 5.32 Å². The highest BCUT2D eigenvalue weighted by atomic mass is 35.5. The third kappa shape index (κ3) is 1.99. The van der Waals surface area contributed by atoms with Crippen molar-refractivity contribution in [2.24, 2.45) is 5.92 Å². The van der Waals surface area contributed by atoms with Crippen LogP contribution < -0.4 is 5.32 Å². The average Bonchev–Trinajstić information content (AvgIpc) is 2.30. The molecule has 16 heavy (non-hydrogen) atoms. The zero-order valence-electron chi connectivity index (χ0n) is 10.1. The first-order chi connectivity index (χ1) is 7.67. The number of hydrogen-bond donors (Lipinski definition) is 1. The summed E-state index contributed by atoms with van der Waals surface area (Å²) in [5.41, 5.74) is 1.35. The van der Waals surface area contributed by atoms with Crippen molar-refractivity contribution in [3.63, 3.8) is 0 Å². The molecule has 1 aliphatic rings. The molecule has 2 rings (SSSR count). The molecule has 1 nitrogen and oxygen atoms in total. The monoisotopic (exact) mass is 237 g/mol. The summed E-state index contributed by atoms with van der Waals surface area (Å²) in [6, 6.07) is 8.25. The summed E-state index contributed by atoms with van der Waals surface area (Å²) in [6.45, 7) is 5.66. The van der Waals surface area contributed by atoms with Gasteiger partial charge in [-0.1, -0.05) is 43.6 Å². The van der Waals surface area contributed by atoms with Crippen molar-refractivity contribution in [2.45, 2.75) is 38.6 Å². The van der Waals surface area contributed by atoms with Crippen LogP contribution in [0.5, 0.6) is 0 Å². The lowest BCUT2D eigenvalue weighted by Crippen LogP contribution is -2.49. The minimum atomic E-state index is 0.0800. The predicted molar refractivity (Wildman–Crippen MR) is 69.8 cm³/mol. The molecule has 1 saturated heterocycles. The number of rotatable bonds is 2. The predicted octanol–water partition coefficient (Wildman–Crippen LogP) is 3.96. The van der Waals surface area contributed by atoms with E-state index in [9.17, 15) is 0 Å². The molecule has 0 radical (unpaired) electrons. The van der Waals surface area contributed by atoms with Gasteiger partial charge in [-0.05, 0) is 43.4 Å². The zero-order chi connectivity index (χ0) is 11.6. The van der Waals surface area contributed by atoms with E-state index in [1.165, 1.54) is 24.8 Å². The van der Waals surface area contributed by atoms with Crippen LogP contribution in [0.25, 0.3) is 0 Å². The Morgan fingerprint density at radius 1 is 1.25 bits per heavy atom. The van der Waals surface area contributed by atoms with Crippen molar-refractivity contribution in [1.82, 2.24) is 5.32 Å². The Balaban J connectivity index is 2.43. The van der Waals surface area contributed by atoms with E-state index in [1.807, 2.05) is 12.1 Å². The fourth-order valence-corrected chi connectivity index (χ4v) is 3.09. The fraction of sp³-hybridized carbons (Fsp3) is 0.571. The molecule has 1 aromatic rings. The van der Waals surface area contributed by atoms with Gasteiger partial charge in [0.1, 0.15) is 0 Å². The topological polar surface area (TPSA) is 12.0 Å². The molecule has 2 heteroatoms. The Morgan fingerprint density at radius 2 is 2.00 bits per heavy atom. The lowest BCUT2D eigenvalue weighted by atomic mass is 9.74. The van der Waals surface area contributed by atoms with Crippen molar-refractivity contribution in [1.29, 1.82) is 0 Å². The van der Waals surface area contributed by atoms with Crippen molar-refractivity contribution < 1.29 is 0 Å². The van der Waals surface area contributed by atoms with Gasteiger partial charge in [0.2, 0.25) is 0 Å². The number of benzene rings is 1. The van der Waals surface area contributed by atoms with E-state index in [-0.39, 0.29) is 5.54 Å². The molecule has 1 fully saturated rings. The van der Waals surface area contributed by atoms with Crippen molar-refractivity contribution in [2.75, 3.05) is 6.54 Å². The van der Waals surface area contributed by atoms with Crippen LogP contribution in [-0.2, 0) is 5.54 Å². The highest BCUT2D eigenvalue weighted by Gasteiger charge is 2.37. The summed E-state index contributed by atoms with van der Waals surface area (Å²) >= 11 is 6.35. The summed E-state index contributed by atoms with van der Waals surface area (Å²) in [6.07, 6.45) is 3.75. The third-order valence-corrected chi connectivity index (χ3v) is 4.11. The van der Waals surface area contributed by atoms with Gasteiger partial charge in [-0.2, -0.15) is 0 Å². The molecule has 1 aromatic carbocycles. The largest absolute Gasteiger partial charge is 0.307 e. The van der Waals surface area contributed by atoms with Gasteiger partial charge in [-0.3, -0.25) is 0 Å². The Hall–Kier alpha value is -0.530. The highest BCUT2D eigenvalue weighted by Crippen LogP contribution is 2.40. The second kappa shape index (κ2) is 4.77. The van der Waals surface area contributed by atoms with E-state index in [2.05, 4.69) is 31.3 Å². The van der Waals surface area contributed by atoms with Crippen LogP contribution in [0.2, 0.25) is 5.02 Å². The third-order valence-electron chi connectivity index (χ3n) is 3.78. The molecule has 0 spiro atoms. The smallest absolute Gasteiger partial charge is 0.0472 e. The van der Waals surface area contributed by atoms with Gasteiger partial charge in [0, 0.05) is 10.6 Å². The van der Waals surface area contributed by atoms with Crippen LogP contribution in [0, 0.1) is 5.92 Å². The minimum Gasteiger partial charge on any atom is -0.307 e. The zero-order valence-corrected chi connectivity index (χ0v) is 10.8. The second-order valence-electron chi connectivity index (χ2n) is 4.99. The number of piperidine rings is 1. The molecule has 0 bridgehead atoms. The Kier molecular flexibility index (Phi) is 3.56. The quantitative estimate of drug-likeness (QED) is 0.821. The average molecular weight is 238 g/mol. The van der Waals surface area contributed by atoms with E-state index in [4.69, 9.17) is 11.6 Å². The summed E-state index contributed by atoms with van der Waals surface area (Å²) in [7, 11) is 0. The van der Waals surface area contributed by atoms with Gasteiger partial charge in [0.25, 0.3) is 0 Å². The SMILES string of the molecule is CC(C)C1(c2ccccc2Cl)CCCCN1. The first-order valence-corrected chi connectivity index (χ1v) is 6.54. The Bertz CT molecular complexity index is 354. The van der Waals surface area contributed by atoms with E-state index < -0.39 is 0 Å². The number of hydrogen-bond acceptors (Lipinski definition) is 1. The van der Waals surface area contributed by atoms with Crippen LogP contribution in [0.3, 0.4) is 0 Å². The van der Waals surface area contributed by atoms with Crippen molar-refractivity contribution in [3.8, 4) is 0 Å². The fourth-order valence-electron chi connectivity index (χ4n) is 2.79. The maximum atomic E-state index is 6.35. The number of halogens is 1. The Labute approximate surface area is 103 Å². The van der Waals surface area contributed by atoms with Crippen LogP contribution in [0.1, 0.15) is 38.7 Å². The van der Waals surface area contributed by atoms with Crippen molar-refractivity contribution >= 4 is 11.6 Å². The molecule has 1 unspecified atom stereocenters. The molecular weight excluding hydrogens is 218 g/mol. The highest BCUT2D eigenvalue weighted by molar-refractivity contribution is 6.31.